The molecule has 3 saturated carbocycles. The summed E-state index contributed by atoms with van der Waals surface area (Å²) in [4.78, 5) is 34.8. The molecule has 1 heterocycles. The zero-order chi connectivity index (χ0) is 60.7. The minimum absolute atomic E-state index is 0. The van der Waals surface area contributed by atoms with E-state index >= 15 is 0 Å². The molecule has 9 N–H and O–H groups in total. The summed E-state index contributed by atoms with van der Waals surface area (Å²) in [6.45, 7) is 12.6. The third-order valence-electron chi connectivity index (χ3n) is 7.08. The summed E-state index contributed by atoms with van der Waals surface area (Å²) in [5.41, 5.74) is 9.68. The second-order valence-corrected chi connectivity index (χ2v) is 13.8. The van der Waals surface area contributed by atoms with Crippen molar-refractivity contribution < 1.29 is 48.4 Å². The normalized spacial score (nSPS) is 15.9. The van der Waals surface area contributed by atoms with E-state index in [1.807, 2.05) is 48.8 Å². The smallest absolute Gasteiger partial charge is 0.161 e. The number of nitrogens with two attached hydrogens (primary N) is 3. The summed E-state index contributed by atoms with van der Waals surface area (Å²) in [7, 11) is 0. The van der Waals surface area contributed by atoms with E-state index in [1.54, 1.807) is 35.3 Å². The van der Waals surface area contributed by atoms with Gasteiger partial charge in [-0.05, 0) is 126 Å². The van der Waals surface area contributed by atoms with Crippen LogP contribution in [0.25, 0.3) is 0 Å². The number of halogens is 1. The van der Waals surface area contributed by atoms with Gasteiger partial charge in [0.2, 0.25) is 0 Å². The lowest BCUT2D eigenvalue weighted by Crippen LogP contribution is -2.13. The van der Waals surface area contributed by atoms with Crippen molar-refractivity contribution in [1.29, 1.82) is 0 Å². The molecule has 55 heavy (non-hydrogen) atoms. The Balaban J connectivity index is -0.0000000268. The molecule has 4 aliphatic rings. The number of Topliss-reactive ketones (excluding diaryl/α,β-unsaturated/α-hetero) is 3. The number of nitrogens with one attached hydrogen (secondary N) is 3. The molecule has 3 fully saturated rings. The number of rotatable bonds is 7. The zero-order valence-corrected chi connectivity index (χ0v) is 39.4. The monoisotopic (exact) mass is 1050 g/mol. The highest BCUT2D eigenvalue weighted by molar-refractivity contribution is 14.1. The fraction of sp³-hybridized carbons (Fsp3) is 0.718. The number of allylic oxidation sites excluding steroid dienone is 2. The molecule has 0 aromatic carbocycles. The number of hydrazine groups is 1. The Hall–Kier alpha value is -0.820. The molecular formula is C39H106IN7O3S5. The molecule has 1 aromatic heterocycles. The predicted octanol–water partition coefficient (Wildman–Crippen LogP) is 14.0. The third-order valence-corrected chi connectivity index (χ3v) is 10.1. The number of aryl methyl sites for hydroxylation is 1. The number of alkyl halides is 1. The Morgan fingerprint density at radius 1 is 0.800 bits per heavy atom. The molecule has 0 saturated heterocycles. The van der Waals surface area contributed by atoms with E-state index in [9.17, 15) is 14.4 Å². The van der Waals surface area contributed by atoms with Crippen LogP contribution in [0.1, 0.15) is 173 Å². The Bertz CT molecular complexity index is 1230. The van der Waals surface area contributed by atoms with Crippen LogP contribution in [-0.2, 0) is 27.2 Å². The zero-order valence-electron chi connectivity index (χ0n) is 53.1. The van der Waals surface area contributed by atoms with Crippen LogP contribution in [-0.4, -0.2) is 75.2 Å². The SMILES string of the molecule is C.C.C.CC.CCN.CCN/C(SC)=C1\CCCC1=O.CCNc1n[nH]c2c1CCC2.CI.CSC(SC)=C1CCCC1=O.NN.O=C1CCCC1.S=C=S.[3HH].[3HH].[3H][3H].[3H][3H].[3H][3H].[3H][3H].[3H][3H].[3H][3H].[3H][3H].[3H][3H].[3H][3H].[3H][3H].[HH]. The third kappa shape index (κ3) is 32.8. The highest BCUT2D eigenvalue weighted by atomic mass is 127. The first kappa shape index (κ1) is 46.9. The fourth-order valence-corrected chi connectivity index (χ4v) is 7.42. The molecule has 0 spiro atoms. The quantitative estimate of drug-likeness (QED) is 0.0379. The lowest BCUT2D eigenvalue weighted by molar-refractivity contribution is -0.117. The summed E-state index contributed by atoms with van der Waals surface area (Å²) in [5.74, 6) is 10.2. The summed E-state index contributed by atoms with van der Waals surface area (Å²) in [6, 6.07) is 0. The number of anilines is 1. The van der Waals surface area contributed by atoms with Gasteiger partial charge in [0.1, 0.15) is 5.78 Å². The number of aromatic amines is 1. The van der Waals surface area contributed by atoms with Crippen LogP contribution >= 0.6 is 82.3 Å². The molecule has 0 unspecified atom stereocenters. The molecule has 0 aliphatic heterocycles. The first-order chi connectivity index (χ1) is 35.2. The lowest BCUT2D eigenvalue weighted by atomic mass is 10.2. The van der Waals surface area contributed by atoms with Crippen molar-refractivity contribution in [3.8, 4) is 0 Å². The van der Waals surface area contributed by atoms with Gasteiger partial charge in [0.05, 0.1) is 5.03 Å². The lowest BCUT2D eigenvalue weighted by Gasteiger charge is -2.08. The molecule has 1 aromatic rings. The second-order valence-electron chi connectivity index (χ2n) is 10.4. The van der Waals surface area contributed by atoms with Crippen LogP contribution < -0.4 is 28.1 Å². The minimum Gasteiger partial charge on any atom is -0.380 e. The van der Waals surface area contributed by atoms with E-state index < -0.39 is 0 Å². The molecule has 352 valence electrons. The number of H-pyrrole nitrogens is 1. The van der Waals surface area contributed by atoms with E-state index in [2.05, 4.69) is 93.4 Å². The fourth-order valence-electron chi connectivity index (χ4n) is 5.08. The first-order valence-corrected chi connectivity index (χ1v) is 24.5. The molecule has 10 nitrogen and oxygen atoms in total. The van der Waals surface area contributed by atoms with E-state index in [0.717, 1.165) is 106 Å². The van der Waals surface area contributed by atoms with E-state index in [-0.39, 0.29) is 26.6 Å². The Morgan fingerprint density at radius 2 is 1.24 bits per heavy atom. The highest BCUT2D eigenvalue weighted by Gasteiger charge is 2.21. The van der Waals surface area contributed by atoms with Crippen LogP contribution in [0.3, 0.4) is 0 Å². The van der Waals surface area contributed by atoms with Crippen molar-refractivity contribution in [3.63, 3.8) is 0 Å². The average Bonchev–Trinajstić information content (AvgIpc) is 4.37. The van der Waals surface area contributed by atoms with Crippen molar-refractivity contribution >= 4 is 110 Å². The van der Waals surface area contributed by atoms with Crippen LogP contribution in [0, 0.1) is 0 Å². The number of hydrogen-bond donors (Lipinski definition) is 6. The molecule has 0 bridgehead atoms. The molecule has 0 atom stereocenters. The predicted molar refractivity (Wildman–Crippen MR) is 297 cm³/mol. The van der Waals surface area contributed by atoms with Crippen molar-refractivity contribution in [3.05, 3.63) is 31.7 Å². The minimum atomic E-state index is 0. The summed E-state index contributed by atoms with van der Waals surface area (Å²) in [6.07, 6.45) is 19.2. The van der Waals surface area contributed by atoms with Gasteiger partial charge in [-0.2, -0.15) is 5.10 Å². The van der Waals surface area contributed by atoms with Crippen LogP contribution in [0.2, 0.25) is 0 Å². The average molecular weight is 1050 g/mol. The number of ketones is 3. The number of carbonyl (C=O) groups excluding carboxylic acids is 3. The molecule has 0 radical (unpaired) electrons. The Morgan fingerprint density at radius 3 is 1.56 bits per heavy atom. The van der Waals surface area contributed by atoms with Crippen molar-refractivity contribution in [1.82, 2.24) is 15.5 Å². The van der Waals surface area contributed by atoms with Gasteiger partial charge in [-0.1, -0.05) is 65.6 Å². The van der Waals surface area contributed by atoms with Gasteiger partial charge in [-0.25, -0.2) is 0 Å². The summed E-state index contributed by atoms with van der Waals surface area (Å²) in [5, 5.41) is 14.8. The van der Waals surface area contributed by atoms with Gasteiger partial charge < -0.3 is 16.4 Å². The van der Waals surface area contributed by atoms with E-state index in [1.165, 1.54) is 34.8 Å². The number of hydrogen-bond acceptors (Lipinski definition) is 14. The number of carbonyl (C=O) groups is 3. The summed E-state index contributed by atoms with van der Waals surface area (Å²) < 4.78 is 103. The van der Waals surface area contributed by atoms with Crippen LogP contribution in [0.5, 0.6) is 0 Å². The number of fused-ring (bicyclic) bond motifs is 1. The van der Waals surface area contributed by atoms with E-state index in [0.29, 0.717) is 17.3 Å². The maximum Gasteiger partial charge on any atom is 0.161 e. The maximum absolute atomic E-state index is 11.3. The first-order valence-electron chi connectivity index (χ1n) is 27.8. The standard InChI is InChI=1S/C9H15NOS.C8H13N3.C8H12OS2.C5H8O.C2H7N.C2H6.CH3I.CS2.3CH4.H4N2.13H2/c1-3-10-9(12-2)7-5-4-6-8(7)11;1-2-9-8-6-4-3-5-7(6)10-11-8;1-10-8(11-2)6-4-3-5-7(6)9;6-5-3-1-2-4-5;1-2-3;2*1-2;2-1-3;;;;1-2;;;;;;;;;;;;;/h10H,3-6H2,1-2H3;2-5H2,1H3,(H2,9,10,11);3-5H2,1-2H3;1-4H2;2-3H2,1H3;1-2H3;1H3;;3*1H4;1-2H2;13*1H/b9-7-;;;;;;;;;;;;;;;;;;;;;;;;/i;;;;;;;;;;;;10*1+2T;2*1+2;. The van der Waals surface area contributed by atoms with Crippen molar-refractivity contribution in [2.24, 2.45) is 17.4 Å². The maximum atomic E-state index is 11.3. The summed E-state index contributed by atoms with van der Waals surface area (Å²) >= 11 is 15.1. The van der Waals surface area contributed by atoms with Crippen LogP contribution in [0.4, 0.5) is 5.82 Å². The van der Waals surface area contributed by atoms with Gasteiger partial charge in [0, 0.05) is 104 Å². The van der Waals surface area contributed by atoms with Gasteiger partial charge >= 0.3 is 0 Å². The number of nitrogens with zero attached hydrogens (tertiary/aromatic N) is 1. The molecule has 4 aliphatic carbocycles. The topological polar surface area (TPSA) is 182 Å². The van der Waals surface area contributed by atoms with Gasteiger partial charge in [0.25, 0.3) is 0 Å². The Kier molecular flexibility index (Phi) is 43.6. The largest absolute Gasteiger partial charge is 0.380 e. The number of thioether (sulfide) groups is 3. The van der Waals surface area contributed by atoms with E-state index in [4.69, 9.17) is 35.4 Å². The molecular weight excluding hydrogens is 902 g/mol. The van der Waals surface area contributed by atoms with Crippen molar-refractivity contribution in [2.75, 3.05) is 48.6 Å². The van der Waals surface area contributed by atoms with Gasteiger partial charge in [-0.15, -0.1) is 35.3 Å². The molecule has 16 heteroatoms. The van der Waals surface area contributed by atoms with Crippen LogP contribution in [0.15, 0.2) is 20.4 Å². The van der Waals surface area contributed by atoms with Crippen molar-refractivity contribution in [2.45, 2.75) is 140 Å². The molecule has 5 rings (SSSR count). The Labute approximate surface area is 410 Å². The highest BCUT2D eigenvalue weighted by Crippen LogP contribution is 2.34. The van der Waals surface area contributed by atoms with Gasteiger partial charge in [-0.3, -0.25) is 31.2 Å². The van der Waals surface area contributed by atoms with Gasteiger partial charge in [0.15, 0.2) is 17.4 Å². The molecule has 0 amide bonds. The second kappa shape index (κ2) is 51.2. The number of thiocarbonyl (C=S) groups is 2. The number of aromatic nitrogens is 2.